The second-order valence-electron chi connectivity index (χ2n) is 6.37. The molecule has 0 bridgehead atoms. The molecule has 1 amide bonds. The molecule has 1 saturated heterocycles. The highest BCUT2D eigenvalue weighted by molar-refractivity contribution is 7.14. The van der Waals surface area contributed by atoms with E-state index >= 15 is 0 Å². The van der Waals surface area contributed by atoms with E-state index in [1.807, 2.05) is 29.2 Å². The van der Waals surface area contributed by atoms with E-state index in [2.05, 4.69) is 22.4 Å². The van der Waals surface area contributed by atoms with Crippen molar-refractivity contribution in [3.05, 3.63) is 35.2 Å². The Morgan fingerprint density at radius 1 is 1.42 bits per heavy atom. The smallest absolute Gasteiger partial charge is 0.260 e. The fourth-order valence-electron chi connectivity index (χ4n) is 2.64. The van der Waals surface area contributed by atoms with Crippen LogP contribution < -0.4 is 15.9 Å². The number of hydrazone groups is 1. The summed E-state index contributed by atoms with van der Waals surface area (Å²) in [5, 5.41) is 6.50. The molecule has 2 heterocycles. The number of nitrogens with one attached hydrogen (secondary N) is 1. The molecule has 7 nitrogen and oxygen atoms in total. The largest absolute Gasteiger partial charge is 0.484 e. The average molecular weight is 373 g/mol. The Hall–Kier alpha value is -2.61. The molecule has 0 saturated carbocycles. The molecule has 2 aromatic rings. The van der Waals surface area contributed by atoms with Crippen molar-refractivity contribution in [1.29, 1.82) is 0 Å². The number of carbonyl (C=O) groups excluding carboxylic acids is 1. The third kappa shape index (κ3) is 5.19. The zero-order chi connectivity index (χ0) is 18.4. The van der Waals surface area contributed by atoms with Gasteiger partial charge in [0.25, 0.3) is 5.91 Å². The van der Waals surface area contributed by atoms with Crippen molar-refractivity contribution < 1.29 is 9.53 Å². The van der Waals surface area contributed by atoms with Gasteiger partial charge in [-0.1, -0.05) is 6.92 Å². The van der Waals surface area contributed by atoms with Crippen LogP contribution in [0.25, 0.3) is 0 Å². The van der Waals surface area contributed by atoms with Crippen molar-refractivity contribution in [2.75, 3.05) is 30.9 Å². The highest BCUT2D eigenvalue weighted by Gasteiger charge is 2.20. The number of ether oxygens (including phenoxy) is 1. The van der Waals surface area contributed by atoms with Gasteiger partial charge in [0.05, 0.1) is 6.21 Å². The number of benzene rings is 1. The number of piperidine rings is 1. The van der Waals surface area contributed by atoms with Gasteiger partial charge in [0, 0.05) is 18.5 Å². The predicted molar refractivity (Wildman–Crippen MR) is 105 cm³/mol. The summed E-state index contributed by atoms with van der Waals surface area (Å²) >= 11 is 1.39. The third-order valence-corrected chi connectivity index (χ3v) is 5.04. The zero-order valence-corrected chi connectivity index (χ0v) is 15.5. The van der Waals surface area contributed by atoms with E-state index in [1.165, 1.54) is 11.3 Å². The van der Waals surface area contributed by atoms with Crippen LogP contribution in [-0.2, 0) is 4.79 Å². The summed E-state index contributed by atoms with van der Waals surface area (Å²) in [5.41, 5.74) is 9.28. The summed E-state index contributed by atoms with van der Waals surface area (Å²) in [7, 11) is 0. The summed E-state index contributed by atoms with van der Waals surface area (Å²) in [6.45, 7) is 3.97. The lowest BCUT2D eigenvalue weighted by Gasteiger charge is -2.30. The van der Waals surface area contributed by atoms with Crippen molar-refractivity contribution in [3.63, 3.8) is 0 Å². The normalized spacial score (nSPS) is 15.3. The van der Waals surface area contributed by atoms with Gasteiger partial charge in [-0.2, -0.15) is 5.10 Å². The number of aromatic nitrogens is 1. The lowest BCUT2D eigenvalue weighted by molar-refractivity contribution is -0.134. The molecule has 26 heavy (non-hydrogen) atoms. The number of anilines is 2. The number of likely N-dealkylation sites (tertiary alicyclic amines) is 1. The zero-order valence-electron chi connectivity index (χ0n) is 14.7. The van der Waals surface area contributed by atoms with E-state index in [4.69, 9.17) is 10.5 Å². The van der Waals surface area contributed by atoms with Crippen molar-refractivity contribution >= 4 is 34.4 Å². The Balaban J connectivity index is 1.44. The first kappa shape index (κ1) is 18.2. The Bertz CT molecular complexity index is 751. The van der Waals surface area contributed by atoms with E-state index in [0.717, 1.165) is 31.5 Å². The first-order valence-electron chi connectivity index (χ1n) is 8.61. The first-order chi connectivity index (χ1) is 12.6. The number of hydrogen-bond donors (Lipinski definition) is 2. The number of nitrogens with two attached hydrogens (primary N) is 1. The van der Waals surface area contributed by atoms with Crippen LogP contribution in [0.1, 0.15) is 25.3 Å². The van der Waals surface area contributed by atoms with Crippen molar-refractivity contribution in [3.8, 4) is 5.75 Å². The lowest BCUT2D eigenvalue weighted by atomic mass is 9.99. The first-order valence-corrected chi connectivity index (χ1v) is 9.49. The lowest BCUT2D eigenvalue weighted by Crippen LogP contribution is -2.40. The van der Waals surface area contributed by atoms with Crippen molar-refractivity contribution in [2.24, 2.45) is 11.0 Å². The van der Waals surface area contributed by atoms with Gasteiger partial charge in [0.2, 0.25) is 5.13 Å². The molecule has 0 atom stereocenters. The van der Waals surface area contributed by atoms with Gasteiger partial charge in [0.15, 0.2) is 6.61 Å². The maximum absolute atomic E-state index is 12.2. The highest BCUT2D eigenvalue weighted by atomic mass is 32.1. The Morgan fingerprint density at radius 3 is 2.81 bits per heavy atom. The molecule has 1 aromatic heterocycles. The maximum Gasteiger partial charge on any atom is 0.260 e. The number of hydrogen-bond acceptors (Lipinski definition) is 7. The maximum atomic E-state index is 12.2. The topological polar surface area (TPSA) is 92.8 Å². The number of nitrogens with zero attached hydrogens (tertiary/aromatic N) is 3. The molecule has 8 heteroatoms. The summed E-state index contributed by atoms with van der Waals surface area (Å²) in [6, 6.07) is 7.41. The Labute approximate surface area is 156 Å². The van der Waals surface area contributed by atoms with Gasteiger partial charge >= 0.3 is 0 Å². The molecule has 1 aliphatic heterocycles. The van der Waals surface area contributed by atoms with Gasteiger partial charge in [0.1, 0.15) is 11.6 Å². The number of rotatable bonds is 6. The van der Waals surface area contributed by atoms with E-state index < -0.39 is 0 Å². The molecule has 138 valence electrons. The predicted octanol–water partition coefficient (Wildman–Crippen LogP) is 2.81. The summed E-state index contributed by atoms with van der Waals surface area (Å²) in [4.78, 5) is 18.1. The SMILES string of the molecule is CC1CCN(C(=O)COc2ccc(C=NNc3nc(N)cs3)cc2)CC1. The molecule has 3 rings (SSSR count). The Morgan fingerprint density at radius 2 is 2.15 bits per heavy atom. The molecule has 3 N–H and O–H groups in total. The number of carbonyl (C=O) groups is 1. The molecule has 1 aliphatic rings. The molecular formula is C18H23N5O2S. The third-order valence-electron chi connectivity index (χ3n) is 4.27. The Kier molecular flexibility index (Phi) is 6.06. The van der Waals surface area contributed by atoms with E-state index in [9.17, 15) is 4.79 Å². The van der Waals surface area contributed by atoms with Gasteiger partial charge in [-0.3, -0.25) is 10.2 Å². The van der Waals surface area contributed by atoms with Crippen LogP contribution >= 0.6 is 11.3 Å². The number of nitrogen functional groups attached to an aromatic ring is 1. The average Bonchev–Trinajstić information content (AvgIpc) is 3.06. The second-order valence-corrected chi connectivity index (χ2v) is 7.23. The number of amides is 1. The quantitative estimate of drug-likeness (QED) is 0.600. The molecule has 0 unspecified atom stereocenters. The minimum Gasteiger partial charge on any atom is -0.484 e. The van der Waals surface area contributed by atoms with E-state index in [0.29, 0.717) is 22.6 Å². The van der Waals surface area contributed by atoms with Gasteiger partial charge in [-0.05, 0) is 48.6 Å². The van der Waals surface area contributed by atoms with Crippen LogP contribution in [0.2, 0.25) is 0 Å². The monoisotopic (exact) mass is 373 g/mol. The van der Waals surface area contributed by atoms with Crippen LogP contribution in [0.4, 0.5) is 10.9 Å². The highest BCUT2D eigenvalue weighted by Crippen LogP contribution is 2.17. The van der Waals surface area contributed by atoms with Crippen LogP contribution in [0.15, 0.2) is 34.7 Å². The summed E-state index contributed by atoms with van der Waals surface area (Å²) in [5.74, 6) is 1.90. The molecule has 0 radical (unpaired) electrons. The van der Waals surface area contributed by atoms with E-state index in [-0.39, 0.29) is 12.5 Å². The molecular weight excluding hydrogens is 350 g/mol. The molecule has 0 spiro atoms. The standard InChI is InChI=1S/C18H23N5O2S/c1-13-6-8-23(9-7-13)17(24)11-25-15-4-2-14(3-5-15)10-20-22-18-21-16(19)12-26-18/h2-5,10,12-13H,6-9,11,19H2,1H3,(H,21,22). The van der Waals surface area contributed by atoms with Gasteiger partial charge < -0.3 is 15.4 Å². The van der Waals surface area contributed by atoms with Crippen LogP contribution in [0, 0.1) is 5.92 Å². The summed E-state index contributed by atoms with van der Waals surface area (Å²) in [6.07, 6.45) is 3.82. The van der Waals surface area contributed by atoms with Gasteiger partial charge in [-0.15, -0.1) is 11.3 Å². The number of thiazole rings is 1. The fraction of sp³-hybridized carbons (Fsp3) is 0.389. The van der Waals surface area contributed by atoms with Crippen molar-refractivity contribution in [1.82, 2.24) is 9.88 Å². The second kappa shape index (κ2) is 8.66. The van der Waals surface area contributed by atoms with Crippen molar-refractivity contribution in [2.45, 2.75) is 19.8 Å². The molecule has 1 fully saturated rings. The van der Waals surface area contributed by atoms with Crippen LogP contribution in [-0.4, -0.2) is 41.7 Å². The minimum absolute atomic E-state index is 0.0504. The fourth-order valence-corrected chi connectivity index (χ4v) is 3.19. The van der Waals surface area contributed by atoms with E-state index in [1.54, 1.807) is 11.6 Å². The van der Waals surface area contributed by atoms with Crippen LogP contribution in [0.3, 0.4) is 0 Å². The summed E-state index contributed by atoms with van der Waals surface area (Å²) < 4.78 is 5.61. The molecule has 1 aromatic carbocycles. The van der Waals surface area contributed by atoms with Crippen LogP contribution in [0.5, 0.6) is 5.75 Å². The minimum atomic E-state index is 0.0504. The molecule has 0 aliphatic carbocycles. The van der Waals surface area contributed by atoms with Gasteiger partial charge in [-0.25, -0.2) is 4.98 Å².